The zero-order chi connectivity index (χ0) is 25.9. The third-order valence-corrected chi connectivity index (χ3v) is 8.97. The summed E-state index contributed by atoms with van der Waals surface area (Å²) < 4.78 is 8.71. The molecule has 2 heteroatoms. The Labute approximate surface area is 225 Å². The van der Waals surface area contributed by atoms with E-state index in [2.05, 4.69) is 128 Å². The zero-order valence-corrected chi connectivity index (χ0v) is 21.8. The lowest BCUT2D eigenvalue weighted by molar-refractivity contribution is 0.666. The SMILES string of the molecule is CC1(C)c2ccccc2-c2ccc3c(ccc4c3c3ccccc3n4-c3cccc4oc5ccccc5c34)c21. The monoisotopic (exact) mass is 499 g/mol. The van der Waals surface area contributed by atoms with E-state index in [1.54, 1.807) is 0 Å². The lowest BCUT2D eigenvalue weighted by atomic mass is 9.80. The van der Waals surface area contributed by atoms with E-state index in [-0.39, 0.29) is 5.41 Å². The summed E-state index contributed by atoms with van der Waals surface area (Å²) in [6, 6.07) is 41.8. The molecule has 2 aromatic heterocycles. The minimum absolute atomic E-state index is 0.0568. The van der Waals surface area contributed by atoms with Crippen molar-refractivity contribution in [3.8, 4) is 16.8 Å². The van der Waals surface area contributed by atoms with E-state index in [0.29, 0.717) is 0 Å². The maximum absolute atomic E-state index is 6.28. The van der Waals surface area contributed by atoms with Crippen LogP contribution in [0.4, 0.5) is 0 Å². The highest BCUT2D eigenvalue weighted by atomic mass is 16.3. The Kier molecular flexibility index (Phi) is 3.89. The van der Waals surface area contributed by atoms with Crippen molar-refractivity contribution in [1.29, 1.82) is 0 Å². The summed E-state index contributed by atoms with van der Waals surface area (Å²) in [5.41, 5.74) is 10.9. The Morgan fingerprint density at radius 2 is 1.26 bits per heavy atom. The van der Waals surface area contributed by atoms with Gasteiger partial charge in [0.2, 0.25) is 0 Å². The second-order valence-corrected chi connectivity index (χ2v) is 11.3. The van der Waals surface area contributed by atoms with Gasteiger partial charge in [0.05, 0.1) is 22.1 Å². The molecule has 0 radical (unpaired) electrons. The Balaban J connectivity index is 1.44. The predicted octanol–water partition coefficient (Wildman–Crippen LogP) is 10.1. The molecular formula is C37H25NO. The first-order chi connectivity index (χ1) is 19.1. The number of rotatable bonds is 1. The molecule has 2 nitrogen and oxygen atoms in total. The first-order valence-electron chi connectivity index (χ1n) is 13.6. The lowest BCUT2D eigenvalue weighted by Gasteiger charge is -2.23. The lowest BCUT2D eigenvalue weighted by Crippen LogP contribution is -2.15. The Hall–Kier alpha value is -4.82. The van der Waals surface area contributed by atoms with Crippen LogP contribution < -0.4 is 0 Å². The molecule has 1 aliphatic rings. The number of fused-ring (bicyclic) bond motifs is 12. The van der Waals surface area contributed by atoms with Crippen molar-refractivity contribution >= 4 is 54.5 Å². The second kappa shape index (κ2) is 7.18. The van der Waals surface area contributed by atoms with Gasteiger partial charge in [-0.2, -0.15) is 0 Å². The quantitative estimate of drug-likeness (QED) is 0.220. The van der Waals surface area contributed by atoms with Gasteiger partial charge in [0.15, 0.2) is 0 Å². The number of para-hydroxylation sites is 2. The van der Waals surface area contributed by atoms with E-state index in [9.17, 15) is 0 Å². The predicted molar refractivity (Wildman–Crippen MR) is 163 cm³/mol. The topological polar surface area (TPSA) is 18.1 Å². The minimum Gasteiger partial charge on any atom is -0.456 e. The Morgan fingerprint density at radius 1 is 0.513 bits per heavy atom. The van der Waals surface area contributed by atoms with Crippen LogP contribution in [0.15, 0.2) is 120 Å². The summed E-state index contributed by atoms with van der Waals surface area (Å²) in [4.78, 5) is 0. The number of nitrogens with zero attached hydrogens (tertiary/aromatic N) is 1. The number of furan rings is 1. The largest absolute Gasteiger partial charge is 0.456 e. The first kappa shape index (κ1) is 21.2. The summed E-state index contributed by atoms with van der Waals surface area (Å²) in [6.07, 6.45) is 0. The smallest absolute Gasteiger partial charge is 0.137 e. The molecule has 0 N–H and O–H groups in total. The molecule has 6 aromatic carbocycles. The molecule has 39 heavy (non-hydrogen) atoms. The summed E-state index contributed by atoms with van der Waals surface area (Å²) in [5, 5.41) is 7.54. The standard InChI is InChI=1S/C37H25NO/c1-37(2)28-13-6-3-10-22(28)24-19-18-23-25(36(24)37)20-21-31-34(23)26-11-4-7-14-29(26)38(31)30-15-9-17-33-35(30)27-12-5-8-16-32(27)39-33/h3-21H,1-2H3. The molecule has 0 unspecified atom stereocenters. The zero-order valence-electron chi connectivity index (χ0n) is 21.8. The highest BCUT2D eigenvalue weighted by Gasteiger charge is 2.36. The maximum atomic E-state index is 6.28. The normalized spacial score (nSPS) is 14.1. The second-order valence-electron chi connectivity index (χ2n) is 11.3. The van der Waals surface area contributed by atoms with Crippen LogP contribution in [0, 0.1) is 0 Å². The number of benzene rings is 6. The van der Waals surface area contributed by atoms with Crippen LogP contribution in [-0.4, -0.2) is 4.57 Å². The third kappa shape index (κ3) is 2.56. The Bertz CT molecular complexity index is 2310. The third-order valence-electron chi connectivity index (χ3n) is 8.97. The van der Waals surface area contributed by atoms with Crippen LogP contribution in [0.1, 0.15) is 25.0 Å². The van der Waals surface area contributed by atoms with Crippen LogP contribution in [0.5, 0.6) is 0 Å². The fourth-order valence-corrected chi connectivity index (χ4v) is 7.37. The molecule has 2 heterocycles. The summed E-state index contributed by atoms with van der Waals surface area (Å²) in [7, 11) is 0. The molecule has 0 fully saturated rings. The number of hydrogen-bond acceptors (Lipinski definition) is 1. The van der Waals surface area contributed by atoms with Gasteiger partial charge in [-0.1, -0.05) is 98.8 Å². The van der Waals surface area contributed by atoms with Gasteiger partial charge in [-0.25, -0.2) is 0 Å². The number of hydrogen-bond donors (Lipinski definition) is 0. The van der Waals surface area contributed by atoms with Gasteiger partial charge in [-0.05, 0) is 63.4 Å². The van der Waals surface area contributed by atoms with Crippen molar-refractivity contribution < 1.29 is 4.42 Å². The maximum Gasteiger partial charge on any atom is 0.137 e. The van der Waals surface area contributed by atoms with Crippen LogP contribution in [0.3, 0.4) is 0 Å². The van der Waals surface area contributed by atoms with Gasteiger partial charge in [0.1, 0.15) is 11.2 Å². The van der Waals surface area contributed by atoms with Gasteiger partial charge in [-0.15, -0.1) is 0 Å². The molecule has 0 spiro atoms. The molecule has 184 valence electrons. The van der Waals surface area contributed by atoms with E-state index in [0.717, 1.165) is 27.6 Å². The van der Waals surface area contributed by atoms with Crippen LogP contribution in [0.2, 0.25) is 0 Å². The van der Waals surface area contributed by atoms with Crippen molar-refractivity contribution in [2.45, 2.75) is 19.3 Å². The van der Waals surface area contributed by atoms with Crippen molar-refractivity contribution in [2.24, 2.45) is 0 Å². The van der Waals surface area contributed by atoms with Gasteiger partial charge >= 0.3 is 0 Å². The van der Waals surface area contributed by atoms with E-state index in [4.69, 9.17) is 4.42 Å². The van der Waals surface area contributed by atoms with Crippen molar-refractivity contribution in [1.82, 2.24) is 4.57 Å². The Morgan fingerprint density at radius 3 is 2.18 bits per heavy atom. The van der Waals surface area contributed by atoms with E-state index in [1.165, 1.54) is 54.8 Å². The van der Waals surface area contributed by atoms with Crippen LogP contribution in [-0.2, 0) is 5.41 Å². The average Bonchev–Trinajstić information content (AvgIpc) is 3.59. The van der Waals surface area contributed by atoms with Crippen LogP contribution >= 0.6 is 0 Å². The molecule has 0 atom stereocenters. The molecule has 0 bridgehead atoms. The van der Waals surface area contributed by atoms with E-state index < -0.39 is 0 Å². The molecule has 0 aliphatic heterocycles. The fraction of sp³-hybridized carbons (Fsp3) is 0.0811. The van der Waals surface area contributed by atoms with Crippen LogP contribution in [0.25, 0.3) is 71.3 Å². The highest BCUT2D eigenvalue weighted by molar-refractivity contribution is 6.23. The van der Waals surface area contributed by atoms with Crippen molar-refractivity contribution in [3.05, 3.63) is 126 Å². The molecule has 0 saturated heterocycles. The fourth-order valence-electron chi connectivity index (χ4n) is 7.37. The highest BCUT2D eigenvalue weighted by Crippen LogP contribution is 2.52. The van der Waals surface area contributed by atoms with Crippen molar-refractivity contribution in [3.63, 3.8) is 0 Å². The van der Waals surface area contributed by atoms with Gasteiger partial charge in [-0.3, -0.25) is 0 Å². The molecule has 9 rings (SSSR count). The minimum atomic E-state index is -0.0568. The van der Waals surface area contributed by atoms with E-state index in [1.807, 2.05) is 6.07 Å². The first-order valence-corrected chi connectivity index (χ1v) is 13.6. The van der Waals surface area contributed by atoms with E-state index >= 15 is 0 Å². The molecule has 0 amide bonds. The molecule has 8 aromatic rings. The van der Waals surface area contributed by atoms with Crippen molar-refractivity contribution in [2.75, 3.05) is 0 Å². The van der Waals surface area contributed by atoms with Gasteiger partial charge in [0, 0.05) is 21.6 Å². The van der Waals surface area contributed by atoms with Gasteiger partial charge in [0.25, 0.3) is 0 Å². The molecule has 1 aliphatic carbocycles. The number of aromatic nitrogens is 1. The summed E-state index contributed by atoms with van der Waals surface area (Å²) >= 11 is 0. The molecule has 0 saturated carbocycles. The average molecular weight is 500 g/mol. The summed E-state index contributed by atoms with van der Waals surface area (Å²) in [6.45, 7) is 4.74. The summed E-state index contributed by atoms with van der Waals surface area (Å²) in [5.74, 6) is 0. The van der Waals surface area contributed by atoms with Gasteiger partial charge < -0.3 is 8.98 Å². The molecular weight excluding hydrogens is 474 g/mol.